The molecule has 2 heterocycles. The fraction of sp³-hybridized carbons (Fsp3) is 0.562. The Morgan fingerprint density at radius 1 is 1.36 bits per heavy atom. The maximum atomic E-state index is 12.6. The first-order valence-electron chi connectivity index (χ1n) is 8.59. The van der Waals surface area contributed by atoms with Crippen LogP contribution in [0, 0.1) is 0 Å². The SMILES string of the molecule is CCCCS(=O)(=O)NCCn1nc(-c2cccnc2)n(C2CC2)c1=O. The minimum absolute atomic E-state index is 0.107. The van der Waals surface area contributed by atoms with E-state index in [9.17, 15) is 13.2 Å². The number of hydrogen-bond acceptors (Lipinski definition) is 5. The van der Waals surface area contributed by atoms with Gasteiger partial charge in [0.2, 0.25) is 10.0 Å². The Morgan fingerprint density at radius 3 is 2.80 bits per heavy atom. The van der Waals surface area contributed by atoms with Crippen molar-refractivity contribution in [2.24, 2.45) is 0 Å². The van der Waals surface area contributed by atoms with Gasteiger partial charge in [0.1, 0.15) is 0 Å². The van der Waals surface area contributed by atoms with Gasteiger partial charge in [-0.05, 0) is 31.4 Å². The molecule has 3 rings (SSSR count). The van der Waals surface area contributed by atoms with Crippen LogP contribution in [0.4, 0.5) is 0 Å². The van der Waals surface area contributed by atoms with Gasteiger partial charge < -0.3 is 0 Å². The van der Waals surface area contributed by atoms with Crippen molar-refractivity contribution in [3.05, 3.63) is 35.0 Å². The molecular formula is C16H23N5O3S. The predicted octanol–water partition coefficient (Wildman–Crippen LogP) is 1.16. The third kappa shape index (κ3) is 4.35. The topological polar surface area (TPSA) is 98.9 Å². The van der Waals surface area contributed by atoms with Crippen LogP contribution < -0.4 is 10.4 Å². The monoisotopic (exact) mass is 365 g/mol. The van der Waals surface area contributed by atoms with Gasteiger partial charge in [0.25, 0.3) is 0 Å². The summed E-state index contributed by atoms with van der Waals surface area (Å²) < 4.78 is 29.3. The number of aromatic nitrogens is 4. The average molecular weight is 365 g/mol. The molecular weight excluding hydrogens is 342 g/mol. The number of pyridine rings is 1. The molecule has 2 aromatic rings. The van der Waals surface area contributed by atoms with Crippen LogP contribution in [0.3, 0.4) is 0 Å². The van der Waals surface area contributed by atoms with Gasteiger partial charge in [-0.2, -0.15) is 0 Å². The Hall–Kier alpha value is -2.00. The maximum absolute atomic E-state index is 12.6. The van der Waals surface area contributed by atoms with E-state index >= 15 is 0 Å². The lowest BCUT2D eigenvalue weighted by Gasteiger charge is -2.05. The van der Waals surface area contributed by atoms with E-state index in [4.69, 9.17) is 0 Å². The van der Waals surface area contributed by atoms with Crippen LogP contribution in [0.1, 0.15) is 38.6 Å². The molecule has 0 radical (unpaired) electrons. The van der Waals surface area contributed by atoms with E-state index in [1.54, 1.807) is 23.0 Å². The minimum atomic E-state index is -3.30. The molecule has 0 aliphatic heterocycles. The summed E-state index contributed by atoms with van der Waals surface area (Å²) in [5.74, 6) is 0.699. The summed E-state index contributed by atoms with van der Waals surface area (Å²) in [7, 11) is -3.30. The van der Waals surface area contributed by atoms with Crippen molar-refractivity contribution < 1.29 is 8.42 Å². The van der Waals surface area contributed by atoms with E-state index < -0.39 is 10.0 Å². The van der Waals surface area contributed by atoms with Gasteiger partial charge in [-0.15, -0.1) is 5.10 Å². The number of rotatable bonds is 9. The van der Waals surface area contributed by atoms with Crippen molar-refractivity contribution in [2.75, 3.05) is 12.3 Å². The number of unbranched alkanes of at least 4 members (excludes halogenated alkanes) is 1. The second-order valence-electron chi connectivity index (χ2n) is 6.24. The minimum Gasteiger partial charge on any atom is -0.272 e. The Labute approximate surface area is 146 Å². The van der Waals surface area contributed by atoms with Gasteiger partial charge in [-0.25, -0.2) is 22.6 Å². The molecule has 8 nitrogen and oxygen atoms in total. The van der Waals surface area contributed by atoms with Gasteiger partial charge in [0.15, 0.2) is 5.82 Å². The normalized spacial score (nSPS) is 14.8. The Bertz CT molecular complexity index is 869. The zero-order chi connectivity index (χ0) is 17.9. The van der Waals surface area contributed by atoms with Gasteiger partial charge in [0.05, 0.1) is 12.3 Å². The Morgan fingerprint density at radius 2 is 2.16 bits per heavy atom. The first kappa shape index (κ1) is 17.8. The van der Waals surface area contributed by atoms with Crippen molar-refractivity contribution in [1.82, 2.24) is 24.1 Å². The molecule has 0 bridgehead atoms. The zero-order valence-corrected chi connectivity index (χ0v) is 15.1. The molecule has 1 fully saturated rings. The molecule has 0 amide bonds. The summed E-state index contributed by atoms with van der Waals surface area (Å²) >= 11 is 0. The molecule has 136 valence electrons. The molecule has 2 aromatic heterocycles. The lowest BCUT2D eigenvalue weighted by Crippen LogP contribution is -2.33. The van der Waals surface area contributed by atoms with E-state index in [-0.39, 0.29) is 30.6 Å². The van der Waals surface area contributed by atoms with Gasteiger partial charge >= 0.3 is 5.69 Å². The lowest BCUT2D eigenvalue weighted by atomic mass is 10.3. The third-order valence-electron chi connectivity index (χ3n) is 4.11. The average Bonchev–Trinajstić information content (AvgIpc) is 3.38. The zero-order valence-electron chi connectivity index (χ0n) is 14.3. The van der Waals surface area contributed by atoms with E-state index in [2.05, 4.69) is 14.8 Å². The summed E-state index contributed by atoms with van der Waals surface area (Å²) in [5, 5.41) is 4.42. The summed E-state index contributed by atoms with van der Waals surface area (Å²) in [6, 6.07) is 3.85. The van der Waals surface area contributed by atoms with E-state index in [1.807, 2.05) is 13.0 Å². The third-order valence-corrected chi connectivity index (χ3v) is 5.58. The highest BCUT2D eigenvalue weighted by molar-refractivity contribution is 7.89. The van der Waals surface area contributed by atoms with Crippen molar-refractivity contribution in [1.29, 1.82) is 0 Å². The van der Waals surface area contributed by atoms with Crippen LogP contribution in [-0.2, 0) is 16.6 Å². The molecule has 0 unspecified atom stereocenters. The van der Waals surface area contributed by atoms with Crippen LogP contribution >= 0.6 is 0 Å². The van der Waals surface area contributed by atoms with Crippen molar-refractivity contribution in [3.8, 4) is 11.4 Å². The van der Waals surface area contributed by atoms with Crippen LogP contribution in [-0.4, -0.2) is 40.0 Å². The number of nitrogens with one attached hydrogen (secondary N) is 1. The highest BCUT2D eigenvalue weighted by Crippen LogP contribution is 2.36. The smallest absolute Gasteiger partial charge is 0.272 e. The fourth-order valence-corrected chi connectivity index (χ4v) is 3.85. The summed E-state index contributed by atoms with van der Waals surface area (Å²) in [5.41, 5.74) is 0.586. The largest absolute Gasteiger partial charge is 0.346 e. The second kappa shape index (κ2) is 7.49. The van der Waals surface area contributed by atoms with Crippen LogP contribution in [0.5, 0.6) is 0 Å². The molecule has 0 saturated heterocycles. The summed E-state index contributed by atoms with van der Waals surface area (Å²) in [6.45, 7) is 2.30. The molecule has 0 aromatic carbocycles. The van der Waals surface area contributed by atoms with E-state index in [0.717, 1.165) is 24.8 Å². The fourth-order valence-electron chi connectivity index (χ4n) is 2.63. The number of sulfonamides is 1. The van der Waals surface area contributed by atoms with E-state index in [1.165, 1.54) is 4.68 Å². The van der Waals surface area contributed by atoms with Crippen molar-refractivity contribution in [2.45, 2.75) is 45.2 Å². The van der Waals surface area contributed by atoms with Crippen molar-refractivity contribution >= 4 is 10.0 Å². The van der Waals surface area contributed by atoms with Gasteiger partial charge in [-0.1, -0.05) is 13.3 Å². The summed E-state index contributed by atoms with van der Waals surface area (Å²) in [4.78, 5) is 16.7. The van der Waals surface area contributed by atoms with Crippen molar-refractivity contribution in [3.63, 3.8) is 0 Å². The number of nitrogens with zero attached hydrogens (tertiary/aromatic N) is 4. The molecule has 9 heteroatoms. The van der Waals surface area contributed by atoms with Crippen LogP contribution in [0.25, 0.3) is 11.4 Å². The quantitative estimate of drug-likeness (QED) is 0.719. The highest BCUT2D eigenvalue weighted by atomic mass is 32.2. The molecule has 1 aliphatic carbocycles. The van der Waals surface area contributed by atoms with Gasteiger partial charge in [0, 0.05) is 30.5 Å². The standard InChI is InChI=1S/C16H23N5O3S/c1-2-3-11-25(23,24)18-9-10-20-16(22)21(14-6-7-14)15(19-20)13-5-4-8-17-12-13/h4-5,8,12,14,18H,2-3,6-7,9-11H2,1H3. The highest BCUT2D eigenvalue weighted by Gasteiger charge is 2.30. The molecule has 1 N–H and O–H groups in total. The Kier molecular flexibility index (Phi) is 5.33. The summed E-state index contributed by atoms with van der Waals surface area (Å²) in [6.07, 6.45) is 6.71. The maximum Gasteiger partial charge on any atom is 0.346 e. The van der Waals surface area contributed by atoms with Crippen LogP contribution in [0.15, 0.2) is 29.3 Å². The molecule has 1 aliphatic rings. The second-order valence-corrected chi connectivity index (χ2v) is 8.17. The van der Waals surface area contributed by atoms with Crippen LogP contribution in [0.2, 0.25) is 0 Å². The predicted molar refractivity (Wildman–Crippen MR) is 94.7 cm³/mol. The first-order chi connectivity index (χ1) is 12.0. The molecule has 1 saturated carbocycles. The van der Waals surface area contributed by atoms with Gasteiger partial charge in [-0.3, -0.25) is 9.55 Å². The molecule has 0 spiro atoms. The molecule has 0 atom stereocenters. The van der Waals surface area contributed by atoms with E-state index in [0.29, 0.717) is 12.2 Å². The number of hydrogen-bond donors (Lipinski definition) is 1. The first-order valence-corrected chi connectivity index (χ1v) is 10.2. The Balaban J connectivity index is 1.76. The molecule has 25 heavy (non-hydrogen) atoms. The lowest BCUT2D eigenvalue weighted by molar-refractivity contribution is 0.545.